The van der Waals surface area contributed by atoms with Crippen LogP contribution in [0.4, 0.5) is 4.39 Å². The number of amides is 1. The van der Waals surface area contributed by atoms with Gasteiger partial charge in [0.15, 0.2) is 17.5 Å². The molecule has 6 nitrogen and oxygen atoms in total. The largest absolute Gasteiger partial charge is 0.494 e. The van der Waals surface area contributed by atoms with E-state index in [-0.39, 0.29) is 30.3 Å². The van der Waals surface area contributed by atoms with E-state index in [2.05, 4.69) is 20.9 Å². The predicted molar refractivity (Wildman–Crippen MR) is 93.7 cm³/mol. The van der Waals surface area contributed by atoms with E-state index in [1.807, 2.05) is 27.7 Å². The topological polar surface area (TPSA) is 74.8 Å². The van der Waals surface area contributed by atoms with Crippen LogP contribution in [0.3, 0.4) is 0 Å². The molecular formula is C17H27FN4O2. The smallest absolute Gasteiger partial charge is 0.239 e. The van der Waals surface area contributed by atoms with Gasteiger partial charge in [-0.05, 0) is 45.4 Å². The van der Waals surface area contributed by atoms with Crippen molar-refractivity contribution in [3.8, 4) is 5.75 Å². The zero-order valence-electron chi connectivity index (χ0n) is 15.0. The van der Waals surface area contributed by atoms with Gasteiger partial charge >= 0.3 is 0 Å². The van der Waals surface area contributed by atoms with Crippen LogP contribution in [0.5, 0.6) is 5.75 Å². The maximum absolute atomic E-state index is 13.7. The summed E-state index contributed by atoms with van der Waals surface area (Å²) in [7, 11) is 1.42. The minimum absolute atomic E-state index is 0.111. The Labute approximate surface area is 142 Å². The molecule has 0 aliphatic carbocycles. The number of hydrogen-bond donors (Lipinski definition) is 3. The van der Waals surface area contributed by atoms with Crippen LogP contribution in [0.25, 0.3) is 0 Å². The van der Waals surface area contributed by atoms with Gasteiger partial charge < -0.3 is 20.7 Å². The first-order valence-electron chi connectivity index (χ1n) is 7.90. The van der Waals surface area contributed by atoms with E-state index >= 15 is 0 Å². The molecule has 0 saturated heterocycles. The van der Waals surface area contributed by atoms with Crippen LogP contribution in [-0.4, -0.2) is 37.6 Å². The molecule has 0 aromatic heterocycles. The fraction of sp³-hybridized carbons (Fsp3) is 0.529. The van der Waals surface area contributed by atoms with Crippen molar-refractivity contribution in [3.63, 3.8) is 0 Å². The van der Waals surface area contributed by atoms with Crippen molar-refractivity contribution < 1.29 is 13.9 Å². The Morgan fingerprint density at radius 2 is 2.00 bits per heavy atom. The molecule has 0 radical (unpaired) electrons. The van der Waals surface area contributed by atoms with Crippen molar-refractivity contribution in [2.45, 2.75) is 39.8 Å². The van der Waals surface area contributed by atoms with Gasteiger partial charge in [0, 0.05) is 12.1 Å². The molecule has 0 heterocycles. The van der Waals surface area contributed by atoms with Crippen molar-refractivity contribution in [1.29, 1.82) is 0 Å². The van der Waals surface area contributed by atoms with Gasteiger partial charge in [-0.3, -0.25) is 4.79 Å². The zero-order valence-corrected chi connectivity index (χ0v) is 15.0. The fourth-order valence-electron chi connectivity index (χ4n) is 1.95. The normalized spacial score (nSPS) is 11.8. The van der Waals surface area contributed by atoms with Crippen LogP contribution >= 0.6 is 0 Å². The summed E-state index contributed by atoms with van der Waals surface area (Å²) < 4.78 is 18.6. The quantitative estimate of drug-likeness (QED) is 0.546. The molecule has 1 aromatic carbocycles. The molecule has 7 heteroatoms. The summed E-state index contributed by atoms with van der Waals surface area (Å²) in [6.45, 7) is 8.74. The molecule has 0 aliphatic heterocycles. The SMILES string of the molecule is CCNC(=NCc1ccc(OC)c(F)c1)NCC(=O)NC(C)(C)C. The van der Waals surface area contributed by atoms with Gasteiger partial charge in [0.05, 0.1) is 20.2 Å². The number of carbonyl (C=O) groups excluding carboxylic acids is 1. The molecule has 0 unspecified atom stereocenters. The molecule has 24 heavy (non-hydrogen) atoms. The van der Waals surface area contributed by atoms with E-state index in [0.29, 0.717) is 18.1 Å². The first-order chi connectivity index (χ1) is 11.2. The Hall–Kier alpha value is -2.31. The van der Waals surface area contributed by atoms with Crippen molar-refractivity contribution in [1.82, 2.24) is 16.0 Å². The summed E-state index contributed by atoms with van der Waals surface area (Å²) in [5.74, 6) is 0.153. The molecule has 1 rings (SSSR count). The molecule has 0 bridgehead atoms. The third-order valence-electron chi connectivity index (χ3n) is 2.91. The molecule has 0 atom stereocenters. The lowest BCUT2D eigenvalue weighted by Crippen LogP contribution is -2.48. The lowest BCUT2D eigenvalue weighted by molar-refractivity contribution is -0.121. The Kier molecular flexibility index (Phi) is 7.48. The summed E-state index contributed by atoms with van der Waals surface area (Å²) in [5.41, 5.74) is 0.430. The summed E-state index contributed by atoms with van der Waals surface area (Å²) in [5, 5.41) is 8.87. The minimum Gasteiger partial charge on any atom is -0.494 e. The number of aliphatic imine (C=N–C) groups is 1. The van der Waals surface area contributed by atoms with Crippen LogP contribution in [0.1, 0.15) is 33.3 Å². The van der Waals surface area contributed by atoms with E-state index in [1.165, 1.54) is 13.2 Å². The van der Waals surface area contributed by atoms with Crippen LogP contribution in [-0.2, 0) is 11.3 Å². The van der Waals surface area contributed by atoms with Crippen LogP contribution in [0.2, 0.25) is 0 Å². The van der Waals surface area contributed by atoms with Gasteiger partial charge in [0.25, 0.3) is 0 Å². The molecule has 0 fully saturated rings. The maximum atomic E-state index is 13.7. The third-order valence-corrected chi connectivity index (χ3v) is 2.91. The minimum atomic E-state index is -0.423. The molecule has 1 aromatic rings. The van der Waals surface area contributed by atoms with Crippen LogP contribution in [0, 0.1) is 5.82 Å². The number of ether oxygens (including phenoxy) is 1. The second-order valence-electron chi connectivity index (χ2n) is 6.32. The average molecular weight is 338 g/mol. The third kappa shape index (κ3) is 7.30. The number of hydrogen-bond acceptors (Lipinski definition) is 3. The van der Waals surface area contributed by atoms with E-state index in [0.717, 1.165) is 0 Å². The summed E-state index contributed by atoms with van der Waals surface area (Å²) in [6, 6.07) is 4.71. The first-order valence-corrected chi connectivity index (χ1v) is 7.90. The summed E-state index contributed by atoms with van der Waals surface area (Å²) in [4.78, 5) is 16.2. The number of rotatable bonds is 6. The first kappa shape index (κ1) is 19.7. The standard InChI is InChI=1S/C17H27FN4O2/c1-6-19-16(21-11-15(23)22-17(2,3)4)20-10-12-7-8-14(24-5)13(18)9-12/h7-9H,6,10-11H2,1-5H3,(H,22,23)(H2,19,20,21). The van der Waals surface area contributed by atoms with Crippen molar-refractivity contribution in [3.05, 3.63) is 29.6 Å². The van der Waals surface area contributed by atoms with Gasteiger partial charge in [-0.15, -0.1) is 0 Å². The van der Waals surface area contributed by atoms with Gasteiger partial charge in [-0.2, -0.15) is 0 Å². The highest BCUT2D eigenvalue weighted by Gasteiger charge is 2.13. The molecular weight excluding hydrogens is 311 g/mol. The highest BCUT2D eigenvalue weighted by molar-refractivity contribution is 5.86. The maximum Gasteiger partial charge on any atom is 0.239 e. The highest BCUT2D eigenvalue weighted by Crippen LogP contribution is 2.17. The number of halogens is 1. The number of nitrogens with zero attached hydrogens (tertiary/aromatic N) is 1. The average Bonchev–Trinajstić information content (AvgIpc) is 2.48. The number of guanidine groups is 1. The lowest BCUT2D eigenvalue weighted by Gasteiger charge is -2.21. The van der Waals surface area contributed by atoms with Crippen LogP contribution < -0.4 is 20.7 Å². The molecule has 0 aliphatic rings. The van der Waals surface area contributed by atoms with Gasteiger partial charge in [0.2, 0.25) is 5.91 Å². The Morgan fingerprint density at radius 3 is 2.54 bits per heavy atom. The van der Waals surface area contributed by atoms with Crippen molar-refractivity contribution in [2.75, 3.05) is 20.2 Å². The molecule has 134 valence electrons. The van der Waals surface area contributed by atoms with E-state index in [4.69, 9.17) is 4.74 Å². The van der Waals surface area contributed by atoms with Gasteiger partial charge in [-0.25, -0.2) is 9.38 Å². The number of nitrogens with one attached hydrogen (secondary N) is 3. The summed E-state index contributed by atoms with van der Waals surface area (Å²) >= 11 is 0. The molecule has 1 amide bonds. The Morgan fingerprint density at radius 1 is 1.29 bits per heavy atom. The molecule has 0 saturated carbocycles. The summed E-state index contributed by atoms with van der Waals surface area (Å²) in [6.07, 6.45) is 0. The van der Waals surface area contributed by atoms with Crippen LogP contribution in [0.15, 0.2) is 23.2 Å². The number of methoxy groups -OCH3 is 1. The van der Waals surface area contributed by atoms with Crippen molar-refractivity contribution in [2.24, 2.45) is 4.99 Å². The number of carbonyl (C=O) groups is 1. The zero-order chi connectivity index (χ0) is 18.2. The second-order valence-corrected chi connectivity index (χ2v) is 6.32. The van der Waals surface area contributed by atoms with Crippen molar-refractivity contribution >= 4 is 11.9 Å². The monoisotopic (exact) mass is 338 g/mol. The van der Waals surface area contributed by atoms with E-state index in [9.17, 15) is 9.18 Å². The molecule has 0 spiro atoms. The van der Waals surface area contributed by atoms with E-state index < -0.39 is 5.82 Å². The fourth-order valence-corrected chi connectivity index (χ4v) is 1.95. The Bertz CT molecular complexity index is 582. The highest BCUT2D eigenvalue weighted by atomic mass is 19.1. The second kappa shape index (κ2) is 9.10. The molecule has 3 N–H and O–H groups in total. The predicted octanol–water partition coefficient (Wildman–Crippen LogP) is 1.80. The Balaban J connectivity index is 2.65. The van der Waals surface area contributed by atoms with Gasteiger partial charge in [0.1, 0.15) is 0 Å². The lowest BCUT2D eigenvalue weighted by atomic mass is 10.1. The van der Waals surface area contributed by atoms with Gasteiger partial charge in [-0.1, -0.05) is 6.07 Å². The number of benzene rings is 1. The van der Waals surface area contributed by atoms with E-state index in [1.54, 1.807) is 12.1 Å².